The smallest absolute Gasteiger partial charge is 0.423 e. The standard InChI is InChI=1S/C11H12BNO2/c1-2-6-13-7-5-9-8-10(12(14)15)3-4-11(9)13/h3-4,8,14-15H,5,7H2,1H3. The maximum absolute atomic E-state index is 9.04. The normalized spacial score (nSPS) is 13.1. The number of fused-ring (bicyclic) bond motifs is 1. The summed E-state index contributed by atoms with van der Waals surface area (Å²) in [6, 6.07) is 8.45. The van der Waals surface area contributed by atoms with Crippen molar-refractivity contribution in [2.24, 2.45) is 0 Å². The van der Waals surface area contributed by atoms with E-state index in [1.54, 1.807) is 6.07 Å². The number of hydrogen-bond acceptors (Lipinski definition) is 3. The van der Waals surface area contributed by atoms with Gasteiger partial charge in [-0.1, -0.05) is 18.1 Å². The van der Waals surface area contributed by atoms with Crippen LogP contribution in [0.5, 0.6) is 0 Å². The molecule has 0 aliphatic carbocycles. The molecule has 0 saturated heterocycles. The molecular formula is C11H12BNO2. The van der Waals surface area contributed by atoms with Crippen molar-refractivity contribution in [1.29, 1.82) is 0 Å². The van der Waals surface area contributed by atoms with Crippen LogP contribution in [0.4, 0.5) is 5.69 Å². The molecule has 0 spiro atoms. The minimum absolute atomic E-state index is 0.542. The Morgan fingerprint density at radius 2 is 2.20 bits per heavy atom. The predicted octanol–water partition coefficient (Wildman–Crippen LogP) is -0.290. The SMILES string of the molecule is CC#CN1CCc2cc(B(O)O)ccc21. The molecule has 1 aromatic carbocycles. The summed E-state index contributed by atoms with van der Waals surface area (Å²) in [4.78, 5) is 1.99. The largest absolute Gasteiger partial charge is 0.488 e. The van der Waals surface area contributed by atoms with E-state index in [2.05, 4.69) is 12.0 Å². The average Bonchev–Trinajstić information content (AvgIpc) is 2.61. The molecule has 0 atom stereocenters. The Morgan fingerprint density at radius 3 is 2.87 bits per heavy atom. The summed E-state index contributed by atoms with van der Waals surface area (Å²) in [5.41, 5.74) is 2.75. The molecule has 1 aliphatic rings. The van der Waals surface area contributed by atoms with Gasteiger partial charge in [0, 0.05) is 12.6 Å². The lowest BCUT2D eigenvalue weighted by Gasteiger charge is -2.10. The lowest BCUT2D eigenvalue weighted by Crippen LogP contribution is -2.29. The monoisotopic (exact) mass is 201 g/mol. The van der Waals surface area contributed by atoms with Gasteiger partial charge in [0.25, 0.3) is 0 Å². The van der Waals surface area contributed by atoms with E-state index in [0.717, 1.165) is 24.2 Å². The van der Waals surface area contributed by atoms with Gasteiger partial charge in [0.1, 0.15) is 0 Å². The lowest BCUT2D eigenvalue weighted by atomic mass is 9.79. The molecule has 1 heterocycles. The van der Waals surface area contributed by atoms with Gasteiger partial charge in [-0.2, -0.15) is 0 Å². The van der Waals surface area contributed by atoms with Gasteiger partial charge in [0.2, 0.25) is 0 Å². The fourth-order valence-electron chi connectivity index (χ4n) is 1.83. The Morgan fingerprint density at radius 1 is 1.40 bits per heavy atom. The van der Waals surface area contributed by atoms with E-state index in [9.17, 15) is 0 Å². The highest BCUT2D eigenvalue weighted by molar-refractivity contribution is 6.58. The molecule has 15 heavy (non-hydrogen) atoms. The Hall–Kier alpha value is -1.44. The minimum atomic E-state index is -1.39. The van der Waals surface area contributed by atoms with Crippen LogP contribution in [0.15, 0.2) is 18.2 Å². The highest BCUT2D eigenvalue weighted by atomic mass is 16.4. The Labute approximate surface area is 89.5 Å². The quantitative estimate of drug-likeness (QED) is 0.484. The molecule has 2 N–H and O–H groups in total. The van der Waals surface area contributed by atoms with E-state index in [4.69, 9.17) is 10.0 Å². The first-order valence-corrected chi connectivity index (χ1v) is 4.91. The fourth-order valence-corrected chi connectivity index (χ4v) is 1.83. The maximum Gasteiger partial charge on any atom is 0.488 e. The molecule has 2 rings (SSSR count). The van der Waals surface area contributed by atoms with Crippen LogP contribution >= 0.6 is 0 Å². The Balaban J connectivity index is 2.36. The summed E-state index contributed by atoms with van der Waals surface area (Å²) in [7, 11) is -1.39. The minimum Gasteiger partial charge on any atom is -0.423 e. The molecule has 0 unspecified atom stereocenters. The van der Waals surface area contributed by atoms with E-state index in [1.807, 2.05) is 24.0 Å². The molecule has 1 aliphatic heterocycles. The van der Waals surface area contributed by atoms with Gasteiger partial charge in [-0.25, -0.2) is 0 Å². The molecule has 0 fully saturated rings. The molecule has 1 aromatic rings. The first kappa shape index (κ1) is 10.1. The van der Waals surface area contributed by atoms with Crippen molar-refractivity contribution in [3.05, 3.63) is 23.8 Å². The summed E-state index contributed by atoms with van der Waals surface area (Å²) in [5.74, 6) is 2.87. The van der Waals surface area contributed by atoms with Crippen molar-refractivity contribution in [2.75, 3.05) is 11.4 Å². The number of benzene rings is 1. The summed E-state index contributed by atoms with van der Waals surface area (Å²) < 4.78 is 0. The summed E-state index contributed by atoms with van der Waals surface area (Å²) >= 11 is 0. The second kappa shape index (κ2) is 3.97. The van der Waals surface area contributed by atoms with Crippen molar-refractivity contribution in [2.45, 2.75) is 13.3 Å². The molecule has 0 bridgehead atoms. The summed E-state index contributed by atoms with van der Waals surface area (Å²) in [6.45, 7) is 2.69. The third-order valence-electron chi connectivity index (χ3n) is 2.54. The zero-order valence-corrected chi connectivity index (χ0v) is 8.57. The van der Waals surface area contributed by atoms with Crippen molar-refractivity contribution < 1.29 is 10.0 Å². The zero-order chi connectivity index (χ0) is 10.8. The topological polar surface area (TPSA) is 43.7 Å². The Kier molecular flexibility index (Phi) is 2.67. The summed E-state index contributed by atoms with van der Waals surface area (Å²) in [5, 5.41) is 18.1. The van der Waals surface area contributed by atoms with Gasteiger partial charge in [0.15, 0.2) is 0 Å². The molecule has 76 valence electrons. The van der Waals surface area contributed by atoms with Crippen LogP contribution in [0.1, 0.15) is 12.5 Å². The van der Waals surface area contributed by atoms with Crippen LogP contribution in [0.3, 0.4) is 0 Å². The zero-order valence-electron chi connectivity index (χ0n) is 8.57. The molecule has 4 heteroatoms. The van der Waals surface area contributed by atoms with E-state index < -0.39 is 7.12 Å². The van der Waals surface area contributed by atoms with E-state index in [1.165, 1.54) is 0 Å². The van der Waals surface area contributed by atoms with Gasteiger partial charge in [-0.05, 0) is 30.4 Å². The van der Waals surface area contributed by atoms with Crippen LogP contribution in [-0.2, 0) is 6.42 Å². The second-order valence-electron chi connectivity index (χ2n) is 3.53. The number of nitrogens with zero attached hydrogens (tertiary/aromatic N) is 1. The third-order valence-corrected chi connectivity index (χ3v) is 2.54. The Bertz CT molecular complexity index is 434. The number of rotatable bonds is 1. The first-order chi connectivity index (χ1) is 7.22. The molecule has 0 amide bonds. The van der Waals surface area contributed by atoms with Crippen molar-refractivity contribution in [3.8, 4) is 12.0 Å². The van der Waals surface area contributed by atoms with Crippen molar-refractivity contribution in [3.63, 3.8) is 0 Å². The van der Waals surface area contributed by atoms with Crippen LogP contribution in [0, 0.1) is 12.0 Å². The number of hydrogen-bond donors (Lipinski definition) is 2. The fraction of sp³-hybridized carbons (Fsp3) is 0.273. The summed E-state index contributed by atoms with van der Waals surface area (Å²) in [6.07, 6.45) is 0.907. The van der Waals surface area contributed by atoms with E-state index >= 15 is 0 Å². The third kappa shape index (κ3) is 1.85. The van der Waals surface area contributed by atoms with Crippen molar-refractivity contribution in [1.82, 2.24) is 0 Å². The highest BCUT2D eigenvalue weighted by Gasteiger charge is 2.20. The first-order valence-electron chi connectivity index (χ1n) is 4.91. The van der Waals surface area contributed by atoms with E-state index in [0.29, 0.717) is 5.46 Å². The van der Waals surface area contributed by atoms with Crippen LogP contribution < -0.4 is 10.4 Å². The van der Waals surface area contributed by atoms with Crippen LogP contribution in [0.25, 0.3) is 0 Å². The molecular weight excluding hydrogens is 189 g/mol. The van der Waals surface area contributed by atoms with Crippen LogP contribution in [-0.4, -0.2) is 23.7 Å². The second-order valence-corrected chi connectivity index (χ2v) is 3.53. The molecule has 0 aromatic heterocycles. The molecule has 0 saturated carbocycles. The van der Waals surface area contributed by atoms with Gasteiger partial charge >= 0.3 is 7.12 Å². The highest BCUT2D eigenvalue weighted by Crippen LogP contribution is 2.25. The van der Waals surface area contributed by atoms with Gasteiger partial charge in [-0.15, -0.1) is 0 Å². The molecule has 3 nitrogen and oxygen atoms in total. The van der Waals surface area contributed by atoms with Gasteiger partial charge in [0.05, 0.1) is 5.69 Å². The molecule has 0 radical (unpaired) electrons. The average molecular weight is 201 g/mol. The van der Waals surface area contributed by atoms with Gasteiger partial charge < -0.3 is 14.9 Å². The van der Waals surface area contributed by atoms with E-state index in [-0.39, 0.29) is 0 Å². The van der Waals surface area contributed by atoms with Gasteiger partial charge in [-0.3, -0.25) is 0 Å². The number of anilines is 1. The van der Waals surface area contributed by atoms with Crippen molar-refractivity contribution >= 4 is 18.3 Å². The van der Waals surface area contributed by atoms with Crippen LogP contribution in [0.2, 0.25) is 0 Å². The predicted molar refractivity (Wildman–Crippen MR) is 60.8 cm³/mol. The maximum atomic E-state index is 9.04. The lowest BCUT2D eigenvalue weighted by molar-refractivity contribution is 0.426.